The van der Waals surface area contributed by atoms with Crippen LogP contribution in [0.2, 0.25) is 10.0 Å². The van der Waals surface area contributed by atoms with Crippen molar-refractivity contribution in [2.75, 3.05) is 79.8 Å². The average molecular weight is 1010 g/mol. The summed E-state index contributed by atoms with van der Waals surface area (Å²) in [5.74, 6) is -3.81. The number of carbonyl (C=O) groups excluding carboxylic acids is 2. The maximum Gasteiger partial charge on any atom is 0.573 e. The van der Waals surface area contributed by atoms with Crippen LogP contribution in [0.15, 0.2) is 60.7 Å². The van der Waals surface area contributed by atoms with Crippen LogP contribution in [0.3, 0.4) is 0 Å². The standard InChI is InChI=1S/C43H40Cl2F6N12O6/c1-22-34-28(55-40(53-22)62-14-12-52-13-15-62)6-10-32(57-34)59-38(64)36(66-30-8-4-24(20-26(30)44)68-42(46,47)48)37(67-31-9-5-25(21-27(31)45)69-43(49,50)51)39(65)60-33-11-7-29-35(58-33)23(2)54-41(56-29)63-18-16-61(3)17-19-63/h4-11,20-21,36-37,52H,12-19H2,1-3H3,(H,57,59,64)(H,58,60,65). The highest BCUT2D eigenvalue weighted by Crippen LogP contribution is 2.36. The van der Waals surface area contributed by atoms with E-state index in [2.05, 4.69) is 60.2 Å². The molecular weight excluding hydrogens is 965 g/mol. The van der Waals surface area contributed by atoms with Gasteiger partial charge in [0.1, 0.15) is 45.7 Å². The van der Waals surface area contributed by atoms with E-state index < -0.39 is 69.8 Å². The van der Waals surface area contributed by atoms with Crippen LogP contribution in [0.25, 0.3) is 22.1 Å². The van der Waals surface area contributed by atoms with Crippen molar-refractivity contribution >= 4 is 80.6 Å². The Morgan fingerprint density at radius 1 is 0.609 bits per heavy atom. The van der Waals surface area contributed by atoms with Gasteiger partial charge in [0, 0.05) is 64.5 Å². The first kappa shape index (κ1) is 48.7. The highest BCUT2D eigenvalue weighted by molar-refractivity contribution is 6.32. The van der Waals surface area contributed by atoms with Gasteiger partial charge < -0.3 is 49.6 Å². The van der Waals surface area contributed by atoms with Crippen LogP contribution in [0.5, 0.6) is 23.0 Å². The molecule has 0 saturated carbocycles. The summed E-state index contributed by atoms with van der Waals surface area (Å²) in [6.45, 7) is 9.25. The molecule has 8 rings (SSSR count). The zero-order valence-corrected chi connectivity index (χ0v) is 38.1. The van der Waals surface area contributed by atoms with Crippen LogP contribution in [-0.4, -0.2) is 131 Å². The molecule has 0 bridgehead atoms. The van der Waals surface area contributed by atoms with E-state index in [1.165, 1.54) is 12.1 Å². The van der Waals surface area contributed by atoms with Gasteiger partial charge in [0.15, 0.2) is 0 Å². The minimum Gasteiger partial charge on any atom is -0.474 e. The molecule has 6 aromatic rings. The number of halogens is 8. The Hall–Kier alpha value is -6.76. The number of carbonyl (C=O) groups is 2. The van der Waals surface area contributed by atoms with Gasteiger partial charge in [-0.3, -0.25) is 9.59 Å². The summed E-state index contributed by atoms with van der Waals surface area (Å²) in [7, 11) is 2.02. The summed E-state index contributed by atoms with van der Waals surface area (Å²) in [4.78, 5) is 63.2. The number of rotatable bonds is 13. The number of likely N-dealkylation sites (N-methyl/N-ethyl adjacent to an activating group) is 1. The number of fused-ring (bicyclic) bond motifs is 2. The number of nitrogens with zero attached hydrogens (tertiary/aromatic N) is 9. The summed E-state index contributed by atoms with van der Waals surface area (Å²) in [5, 5.41) is 7.43. The molecule has 18 nitrogen and oxygen atoms in total. The predicted molar refractivity (Wildman–Crippen MR) is 241 cm³/mol. The Bertz CT molecular complexity index is 2890. The van der Waals surface area contributed by atoms with E-state index in [1.54, 1.807) is 26.0 Å². The van der Waals surface area contributed by atoms with Gasteiger partial charge in [-0.2, -0.15) is 0 Å². The Balaban J connectivity index is 1.16. The summed E-state index contributed by atoms with van der Waals surface area (Å²) in [6, 6.07) is 11.1. The van der Waals surface area contributed by atoms with E-state index >= 15 is 0 Å². The number of anilines is 4. The first-order valence-electron chi connectivity index (χ1n) is 21.0. The SMILES string of the molecule is Cc1nc(N2CCNCC2)nc2ccc(NC(=O)C(Oc3ccc(OC(F)(F)F)cc3Cl)C(Oc3ccc(OC(F)(F)F)cc3Cl)C(=O)Nc3ccc4nc(N5CCN(C)CC5)nc(C)c4n3)nc12. The molecule has 2 aromatic carbocycles. The van der Waals surface area contributed by atoms with E-state index in [4.69, 9.17) is 32.7 Å². The lowest BCUT2D eigenvalue weighted by molar-refractivity contribution is -0.275. The number of aromatic nitrogens is 6. The number of piperazine rings is 2. The van der Waals surface area contributed by atoms with Gasteiger partial charge in [-0.15, -0.1) is 26.3 Å². The zero-order valence-electron chi connectivity index (χ0n) is 36.6. The van der Waals surface area contributed by atoms with Crippen molar-refractivity contribution in [3.8, 4) is 23.0 Å². The average Bonchev–Trinajstić information content (AvgIpc) is 3.28. The van der Waals surface area contributed by atoms with Crippen LogP contribution in [0.1, 0.15) is 11.4 Å². The quantitative estimate of drug-likeness (QED) is 0.103. The van der Waals surface area contributed by atoms with Crippen LogP contribution in [-0.2, 0) is 9.59 Å². The van der Waals surface area contributed by atoms with Crippen molar-refractivity contribution in [3.05, 3.63) is 82.1 Å². The third kappa shape index (κ3) is 12.1. The largest absolute Gasteiger partial charge is 0.573 e. The number of pyridine rings is 2. The van der Waals surface area contributed by atoms with Crippen molar-refractivity contribution in [1.82, 2.24) is 40.1 Å². The minimum atomic E-state index is -5.09. The number of hydrogen-bond donors (Lipinski definition) is 3. The first-order valence-corrected chi connectivity index (χ1v) is 21.8. The Labute approximate surface area is 398 Å². The molecular formula is C43H40Cl2F6N12O6. The second kappa shape index (κ2) is 20.1. The highest BCUT2D eigenvalue weighted by Gasteiger charge is 2.40. The van der Waals surface area contributed by atoms with E-state index in [0.29, 0.717) is 71.5 Å². The summed E-state index contributed by atoms with van der Waals surface area (Å²) in [6.07, 6.45) is -14.5. The molecule has 0 aliphatic carbocycles. The highest BCUT2D eigenvalue weighted by atomic mass is 35.5. The summed E-state index contributed by atoms with van der Waals surface area (Å²) < 4.78 is 98.9. The molecule has 2 unspecified atom stereocenters. The van der Waals surface area contributed by atoms with E-state index in [-0.39, 0.29) is 11.6 Å². The second-order valence-electron chi connectivity index (χ2n) is 15.7. The minimum absolute atomic E-state index is 0.0853. The molecule has 6 heterocycles. The fourth-order valence-electron chi connectivity index (χ4n) is 7.30. The number of hydrogen-bond acceptors (Lipinski definition) is 16. The molecule has 2 amide bonds. The number of benzene rings is 2. The molecule has 2 fully saturated rings. The molecule has 2 saturated heterocycles. The molecule has 364 valence electrons. The molecule has 69 heavy (non-hydrogen) atoms. The number of aryl methyl sites for hydroxylation is 2. The summed E-state index contributed by atoms with van der Waals surface area (Å²) in [5.41, 5.74) is 2.46. The van der Waals surface area contributed by atoms with E-state index in [0.717, 1.165) is 62.6 Å². The van der Waals surface area contributed by atoms with Gasteiger partial charge in [0.25, 0.3) is 11.8 Å². The van der Waals surface area contributed by atoms with Crippen molar-refractivity contribution in [3.63, 3.8) is 0 Å². The normalized spacial score (nSPS) is 15.7. The van der Waals surface area contributed by atoms with Crippen molar-refractivity contribution < 1.29 is 54.9 Å². The molecule has 0 spiro atoms. The second-order valence-corrected chi connectivity index (χ2v) is 16.5. The maximum absolute atomic E-state index is 14.6. The fourth-order valence-corrected chi connectivity index (χ4v) is 7.73. The van der Waals surface area contributed by atoms with Gasteiger partial charge in [-0.25, -0.2) is 29.9 Å². The monoisotopic (exact) mass is 1000 g/mol. The Morgan fingerprint density at radius 3 is 1.43 bits per heavy atom. The number of amides is 2. The Morgan fingerprint density at radius 2 is 1.03 bits per heavy atom. The molecule has 26 heteroatoms. The lowest BCUT2D eigenvalue weighted by Gasteiger charge is -2.32. The summed E-state index contributed by atoms with van der Waals surface area (Å²) >= 11 is 12.8. The van der Waals surface area contributed by atoms with Gasteiger partial charge >= 0.3 is 12.7 Å². The van der Waals surface area contributed by atoms with Crippen LogP contribution >= 0.6 is 23.2 Å². The Kier molecular flexibility index (Phi) is 14.2. The topological polar surface area (TPSA) is 194 Å². The van der Waals surface area contributed by atoms with Crippen molar-refractivity contribution in [1.29, 1.82) is 0 Å². The molecule has 2 aliphatic rings. The molecule has 2 atom stereocenters. The molecule has 0 radical (unpaired) electrons. The van der Waals surface area contributed by atoms with Crippen LogP contribution < -0.4 is 44.7 Å². The molecule has 3 N–H and O–H groups in total. The smallest absolute Gasteiger partial charge is 0.474 e. The lowest BCUT2D eigenvalue weighted by Crippen LogP contribution is -2.52. The third-order valence-electron chi connectivity index (χ3n) is 10.7. The third-order valence-corrected chi connectivity index (χ3v) is 11.3. The molecule has 4 aromatic heterocycles. The number of nitrogens with one attached hydrogen (secondary N) is 3. The van der Waals surface area contributed by atoms with Crippen LogP contribution in [0, 0.1) is 13.8 Å². The van der Waals surface area contributed by atoms with Crippen LogP contribution in [0.4, 0.5) is 49.9 Å². The number of ether oxygens (including phenoxy) is 4. The molecule has 2 aliphatic heterocycles. The van der Waals surface area contributed by atoms with Gasteiger partial charge in [-0.1, -0.05) is 23.2 Å². The van der Waals surface area contributed by atoms with Crippen molar-refractivity contribution in [2.24, 2.45) is 0 Å². The maximum atomic E-state index is 14.6. The van der Waals surface area contributed by atoms with Gasteiger partial charge in [0.05, 0.1) is 32.5 Å². The number of alkyl halides is 6. The zero-order chi connectivity index (χ0) is 49.2. The predicted octanol–water partition coefficient (Wildman–Crippen LogP) is 6.72. The fraction of sp³-hybridized carbons (Fsp3) is 0.349. The van der Waals surface area contributed by atoms with Gasteiger partial charge in [0.2, 0.25) is 24.1 Å². The van der Waals surface area contributed by atoms with Gasteiger partial charge in [-0.05, 0) is 69.4 Å². The van der Waals surface area contributed by atoms with E-state index in [9.17, 15) is 35.9 Å². The lowest BCUT2D eigenvalue weighted by atomic mass is 10.1. The first-order chi connectivity index (χ1) is 32.7. The van der Waals surface area contributed by atoms with Crippen molar-refractivity contribution in [2.45, 2.75) is 38.8 Å². The van der Waals surface area contributed by atoms with E-state index in [1.807, 2.05) is 16.8 Å².